The Morgan fingerprint density at radius 1 is 0.953 bits per heavy atom. The highest BCUT2D eigenvalue weighted by Gasteiger charge is 2.45. The standard InChI is InChI=1S/C31H33N7O4S/c1-7-32-24(39)27-36-37-30(43-27)35-29(41)31(4,5)23-20-14-9-17(3)33-25(20)42-26-21(23)15-16-22(34-26)18-10-12-19(13-11-18)28(40)38(6)8-2/h9-16,23H,7-8H2,1-6H3,(H,32,39)(H,35,37,41)/t23-/m0/s1. The number of amides is 3. The fourth-order valence-electron chi connectivity index (χ4n) is 4.93. The Morgan fingerprint density at radius 2 is 1.63 bits per heavy atom. The number of hydrogen-bond acceptors (Lipinski definition) is 9. The maximum absolute atomic E-state index is 13.8. The van der Waals surface area contributed by atoms with E-state index in [1.165, 1.54) is 0 Å². The van der Waals surface area contributed by atoms with Gasteiger partial charge in [0.2, 0.25) is 27.8 Å². The number of aromatic nitrogens is 4. The molecule has 4 heterocycles. The topological polar surface area (TPSA) is 139 Å². The second-order valence-corrected chi connectivity index (χ2v) is 11.8. The first-order valence-electron chi connectivity index (χ1n) is 14.0. The molecule has 0 fully saturated rings. The van der Waals surface area contributed by atoms with E-state index in [0.29, 0.717) is 36.1 Å². The molecule has 222 valence electrons. The summed E-state index contributed by atoms with van der Waals surface area (Å²) in [6, 6.07) is 14.9. The average Bonchev–Trinajstić information content (AvgIpc) is 3.47. The molecule has 0 bridgehead atoms. The third-order valence-corrected chi connectivity index (χ3v) is 8.30. The Bertz CT molecular complexity index is 1700. The van der Waals surface area contributed by atoms with Crippen LogP contribution in [0.25, 0.3) is 11.3 Å². The number of carbonyl (C=O) groups excluding carboxylic acids is 3. The molecule has 1 aliphatic rings. The molecular weight excluding hydrogens is 566 g/mol. The Morgan fingerprint density at radius 3 is 2.30 bits per heavy atom. The first-order chi connectivity index (χ1) is 20.5. The van der Waals surface area contributed by atoms with Gasteiger partial charge >= 0.3 is 0 Å². The van der Waals surface area contributed by atoms with Crippen LogP contribution in [0.4, 0.5) is 5.13 Å². The molecule has 11 nitrogen and oxygen atoms in total. The van der Waals surface area contributed by atoms with E-state index < -0.39 is 11.3 Å². The van der Waals surface area contributed by atoms with E-state index in [0.717, 1.165) is 33.7 Å². The van der Waals surface area contributed by atoms with Gasteiger partial charge in [-0.15, -0.1) is 10.2 Å². The number of carbonyl (C=O) groups is 3. The van der Waals surface area contributed by atoms with E-state index in [4.69, 9.17) is 9.72 Å². The van der Waals surface area contributed by atoms with Gasteiger partial charge in [0.15, 0.2) is 0 Å². The molecule has 1 aromatic carbocycles. The molecule has 0 spiro atoms. The van der Waals surface area contributed by atoms with Crippen LogP contribution in [0.2, 0.25) is 0 Å². The highest BCUT2D eigenvalue weighted by atomic mass is 32.1. The molecule has 5 rings (SSSR count). The zero-order valence-electron chi connectivity index (χ0n) is 24.9. The van der Waals surface area contributed by atoms with Crippen molar-refractivity contribution in [2.45, 2.75) is 40.5 Å². The summed E-state index contributed by atoms with van der Waals surface area (Å²) in [4.78, 5) is 49.6. The molecule has 3 aromatic heterocycles. The van der Waals surface area contributed by atoms with Crippen LogP contribution in [-0.2, 0) is 4.79 Å². The molecule has 4 aromatic rings. The van der Waals surface area contributed by atoms with E-state index in [1.807, 2.05) is 71.0 Å². The van der Waals surface area contributed by atoms with Crippen LogP contribution < -0.4 is 15.4 Å². The van der Waals surface area contributed by atoms with E-state index in [1.54, 1.807) is 24.1 Å². The monoisotopic (exact) mass is 599 g/mol. The van der Waals surface area contributed by atoms with Crippen LogP contribution >= 0.6 is 11.3 Å². The van der Waals surface area contributed by atoms with Gasteiger partial charge in [-0.2, -0.15) is 0 Å². The number of ether oxygens (including phenoxy) is 1. The van der Waals surface area contributed by atoms with Crippen molar-refractivity contribution < 1.29 is 19.1 Å². The summed E-state index contributed by atoms with van der Waals surface area (Å²) in [7, 11) is 1.77. The largest absolute Gasteiger partial charge is 0.420 e. The van der Waals surface area contributed by atoms with E-state index in [9.17, 15) is 14.4 Å². The van der Waals surface area contributed by atoms with Gasteiger partial charge in [0, 0.05) is 54.0 Å². The summed E-state index contributed by atoms with van der Waals surface area (Å²) in [6.45, 7) is 10.4. The van der Waals surface area contributed by atoms with Crippen molar-refractivity contribution in [1.82, 2.24) is 30.4 Å². The van der Waals surface area contributed by atoms with E-state index in [2.05, 4.69) is 25.8 Å². The number of rotatable bonds is 8. The lowest BCUT2D eigenvalue weighted by Gasteiger charge is -2.37. The van der Waals surface area contributed by atoms with Crippen LogP contribution in [0.5, 0.6) is 11.8 Å². The van der Waals surface area contributed by atoms with Crippen LogP contribution in [0.1, 0.15) is 70.6 Å². The Hall–Kier alpha value is -4.71. The number of fused-ring (bicyclic) bond motifs is 2. The van der Waals surface area contributed by atoms with Crippen molar-refractivity contribution in [3.63, 3.8) is 0 Å². The van der Waals surface area contributed by atoms with Crippen molar-refractivity contribution in [3.8, 4) is 23.0 Å². The quantitative estimate of drug-likeness (QED) is 0.287. The average molecular weight is 600 g/mol. The summed E-state index contributed by atoms with van der Waals surface area (Å²) in [5.74, 6) is -0.413. The number of aryl methyl sites for hydroxylation is 1. The summed E-state index contributed by atoms with van der Waals surface area (Å²) >= 11 is 1.01. The Balaban J connectivity index is 1.48. The number of pyridine rings is 2. The smallest absolute Gasteiger partial charge is 0.282 e. The number of nitrogens with zero attached hydrogens (tertiary/aromatic N) is 5. The predicted octanol–water partition coefficient (Wildman–Crippen LogP) is 5.05. The zero-order valence-corrected chi connectivity index (χ0v) is 25.7. The second-order valence-electron chi connectivity index (χ2n) is 10.8. The number of anilines is 1. The SMILES string of the molecule is CCNC(=O)c1nnc(NC(=O)C(C)(C)[C@H]2c3ccc(C)nc3Oc3nc(-c4ccc(C(=O)N(C)CC)cc4)ccc32)s1. The van der Waals surface area contributed by atoms with Crippen molar-refractivity contribution in [2.75, 3.05) is 25.5 Å². The molecule has 12 heteroatoms. The lowest BCUT2D eigenvalue weighted by molar-refractivity contribution is -0.124. The molecular formula is C31H33N7O4S. The first kappa shape index (κ1) is 29.8. The fraction of sp³-hybridized carbons (Fsp3) is 0.323. The van der Waals surface area contributed by atoms with Gasteiger partial charge in [0.25, 0.3) is 11.8 Å². The number of hydrogen-bond donors (Lipinski definition) is 2. The minimum absolute atomic E-state index is 0.0498. The van der Waals surface area contributed by atoms with E-state index in [-0.39, 0.29) is 27.9 Å². The third-order valence-electron chi connectivity index (χ3n) is 7.47. The molecule has 0 radical (unpaired) electrons. The molecule has 1 atom stereocenters. The lowest BCUT2D eigenvalue weighted by Crippen LogP contribution is -2.38. The minimum atomic E-state index is -1.02. The molecule has 3 amide bonds. The number of nitrogens with one attached hydrogen (secondary N) is 2. The van der Waals surface area contributed by atoms with Crippen LogP contribution in [0, 0.1) is 12.3 Å². The Labute approximate surface area is 253 Å². The highest BCUT2D eigenvalue weighted by molar-refractivity contribution is 7.17. The first-order valence-corrected chi connectivity index (χ1v) is 14.8. The van der Waals surface area contributed by atoms with E-state index >= 15 is 0 Å². The van der Waals surface area contributed by atoms with Gasteiger partial charge in [-0.3, -0.25) is 14.4 Å². The van der Waals surface area contributed by atoms with Gasteiger partial charge in [-0.25, -0.2) is 9.97 Å². The molecule has 0 aliphatic carbocycles. The van der Waals surface area contributed by atoms with Gasteiger partial charge in [-0.05, 0) is 45.0 Å². The summed E-state index contributed by atoms with van der Waals surface area (Å²) < 4.78 is 6.23. The molecule has 2 N–H and O–H groups in total. The maximum atomic E-state index is 13.8. The lowest BCUT2D eigenvalue weighted by atomic mass is 9.70. The maximum Gasteiger partial charge on any atom is 0.282 e. The molecule has 43 heavy (non-hydrogen) atoms. The van der Waals surface area contributed by atoms with Crippen molar-refractivity contribution in [3.05, 3.63) is 75.9 Å². The highest BCUT2D eigenvalue weighted by Crippen LogP contribution is 2.51. The van der Waals surface area contributed by atoms with Gasteiger partial charge in [-0.1, -0.05) is 49.4 Å². The van der Waals surface area contributed by atoms with Crippen molar-refractivity contribution in [1.29, 1.82) is 0 Å². The molecule has 1 aliphatic heterocycles. The zero-order chi connectivity index (χ0) is 30.9. The molecule has 0 unspecified atom stereocenters. The summed E-state index contributed by atoms with van der Waals surface area (Å²) in [5.41, 5.74) is 3.32. The van der Waals surface area contributed by atoms with Crippen molar-refractivity contribution in [2.24, 2.45) is 5.41 Å². The van der Waals surface area contributed by atoms with Gasteiger partial charge in [0.1, 0.15) is 0 Å². The van der Waals surface area contributed by atoms with Crippen LogP contribution in [0.15, 0.2) is 48.5 Å². The predicted molar refractivity (Wildman–Crippen MR) is 164 cm³/mol. The normalized spacial score (nSPS) is 13.8. The van der Waals surface area contributed by atoms with Gasteiger partial charge < -0.3 is 20.3 Å². The summed E-state index contributed by atoms with van der Waals surface area (Å²) in [6.07, 6.45) is 0. The van der Waals surface area contributed by atoms with Crippen LogP contribution in [0.3, 0.4) is 0 Å². The second kappa shape index (κ2) is 11.9. The van der Waals surface area contributed by atoms with Gasteiger partial charge in [0.05, 0.1) is 11.1 Å². The Kier molecular flexibility index (Phi) is 8.23. The summed E-state index contributed by atoms with van der Waals surface area (Å²) in [5, 5.41) is 13.8. The minimum Gasteiger partial charge on any atom is -0.420 e. The molecule has 0 saturated carbocycles. The number of benzene rings is 1. The van der Waals surface area contributed by atoms with Crippen LogP contribution in [-0.4, -0.2) is 62.9 Å². The third kappa shape index (κ3) is 5.82. The van der Waals surface area contributed by atoms with Crippen molar-refractivity contribution >= 4 is 34.2 Å². The molecule has 0 saturated heterocycles. The fourth-order valence-corrected chi connectivity index (χ4v) is 5.59.